The fourth-order valence-electron chi connectivity index (χ4n) is 2.67. The van der Waals surface area contributed by atoms with Gasteiger partial charge in [0.1, 0.15) is 5.82 Å². The Balaban J connectivity index is 2.03. The number of aromatic nitrogens is 2. The number of nitrogens with one attached hydrogen (secondary N) is 1. The summed E-state index contributed by atoms with van der Waals surface area (Å²) in [6, 6.07) is 0.147. The molecule has 0 aliphatic heterocycles. The molecule has 1 fully saturated rings. The maximum atomic E-state index is 6.27. The first-order valence-corrected chi connectivity index (χ1v) is 5.94. The van der Waals surface area contributed by atoms with E-state index >= 15 is 0 Å². The molecule has 3 atom stereocenters. The first-order valence-electron chi connectivity index (χ1n) is 5.94. The lowest BCUT2D eigenvalue weighted by atomic mass is 9.78. The minimum absolute atomic E-state index is 0.147. The molecule has 1 heterocycles. The molecule has 0 spiro atoms. The van der Waals surface area contributed by atoms with Gasteiger partial charge in [-0.05, 0) is 31.6 Å². The normalized spacial score (nSPS) is 29.0. The Morgan fingerprint density at radius 1 is 1.53 bits per heavy atom. The molecule has 0 saturated heterocycles. The van der Waals surface area contributed by atoms with Gasteiger partial charge < -0.3 is 10.7 Å². The monoisotopic (exact) mass is 207 g/mol. The van der Waals surface area contributed by atoms with Crippen LogP contribution >= 0.6 is 0 Å². The molecule has 0 bridgehead atoms. The number of imidazole rings is 1. The van der Waals surface area contributed by atoms with Gasteiger partial charge in [0.25, 0.3) is 0 Å². The van der Waals surface area contributed by atoms with Gasteiger partial charge in [-0.1, -0.05) is 19.8 Å². The molecule has 84 valence electrons. The van der Waals surface area contributed by atoms with Crippen LogP contribution in [0.5, 0.6) is 0 Å². The minimum Gasteiger partial charge on any atom is -0.345 e. The second kappa shape index (κ2) is 4.35. The predicted molar refractivity (Wildman–Crippen MR) is 61.4 cm³/mol. The van der Waals surface area contributed by atoms with E-state index in [0.29, 0.717) is 5.92 Å². The SMILES string of the molecule is Cc1ncc([C@@H](N)[C@H]2CCCC(C)C2)[nH]1. The highest BCUT2D eigenvalue weighted by molar-refractivity contribution is 5.07. The van der Waals surface area contributed by atoms with Crippen LogP contribution in [0.2, 0.25) is 0 Å². The van der Waals surface area contributed by atoms with Gasteiger partial charge in [0.15, 0.2) is 0 Å². The average molecular weight is 207 g/mol. The second-order valence-corrected chi connectivity index (χ2v) is 4.98. The van der Waals surface area contributed by atoms with Gasteiger partial charge in [-0.25, -0.2) is 4.98 Å². The van der Waals surface area contributed by atoms with Crippen molar-refractivity contribution in [2.24, 2.45) is 17.6 Å². The number of hydrogen-bond acceptors (Lipinski definition) is 2. The molecule has 1 saturated carbocycles. The van der Waals surface area contributed by atoms with Crippen molar-refractivity contribution in [3.8, 4) is 0 Å². The Morgan fingerprint density at radius 3 is 2.93 bits per heavy atom. The third-order valence-electron chi connectivity index (χ3n) is 3.57. The summed E-state index contributed by atoms with van der Waals surface area (Å²) in [6.07, 6.45) is 7.11. The van der Waals surface area contributed by atoms with Crippen molar-refractivity contribution in [3.63, 3.8) is 0 Å². The molecule has 2 rings (SSSR count). The number of aromatic amines is 1. The lowest BCUT2D eigenvalue weighted by Crippen LogP contribution is -2.26. The fraction of sp³-hybridized carbons (Fsp3) is 0.750. The lowest BCUT2D eigenvalue weighted by molar-refractivity contribution is 0.246. The Labute approximate surface area is 91.5 Å². The van der Waals surface area contributed by atoms with E-state index in [-0.39, 0.29) is 6.04 Å². The van der Waals surface area contributed by atoms with Crippen molar-refractivity contribution in [2.75, 3.05) is 0 Å². The largest absolute Gasteiger partial charge is 0.345 e. The summed E-state index contributed by atoms with van der Waals surface area (Å²) in [5, 5.41) is 0. The molecule has 1 unspecified atom stereocenters. The van der Waals surface area contributed by atoms with E-state index in [4.69, 9.17) is 5.73 Å². The van der Waals surface area contributed by atoms with E-state index in [1.165, 1.54) is 25.7 Å². The van der Waals surface area contributed by atoms with Crippen LogP contribution in [0.3, 0.4) is 0 Å². The van der Waals surface area contributed by atoms with Crippen molar-refractivity contribution in [1.82, 2.24) is 9.97 Å². The van der Waals surface area contributed by atoms with Gasteiger partial charge in [-0.2, -0.15) is 0 Å². The summed E-state index contributed by atoms with van der Waals surface area (Å²) in [7, 11) is 0. The Bertz CT molecular complexity index is 318. The Hall–Kier alpha value is -0.830. The van der Waals surface area contributed by atoms with Crippen LogP contribution in [-0.2, 0) is 0 Å². The predicted octanol–water partition coefficient (Wildman–Crippen LogP) is 2.54. The number of H-pyrrole nitrogens is 1. The van der Waals surface area contributed by atoms with Gasteiger partial charge in [0, 0.05) is 12.2 Å². The number of hydrogen-bond donors (Lipinski definition) is 2. The number of nitrogens with zero attached hydrogens (tertiary/aromatic N) is 1. The van der Waals surface area contributed by atoms with Gasteiger partial charge in [-0.3, -0.25) is 0 Å². The molecule has 1 aromatic heterocycles. The highest BCUT2D eigenvalue weighted by Crippen LogP contribution is 2.35. The van der Waals surface area contributed by atoms with Crippen LogP contribution in [0.4, 0.5) is 0 Å². The van der Waals surface area contributed by atoms with Crippen LogP contribution in [0.25, 0.3) is 0 Å². The Morgan fingerprint density at radius 2 is 2.33 bits per heavy atom. The van der Waals surface area contributed by atoms with Crippen molar-refractivity contribution in [2.45, 2.75) is 45.6 Å². The summed E-state index contributed by atoms with van der Waals surface area (Å²) < 4.78 is 0. The number of nitrogens with two attached hydrogens (primary N) is 1. The lowest BCUT2D eigenvalue weighted by Gasteiger charge is -2.30. The molecule has 3 nitrogen and oxygen atoms in total. The van der Waals surface area contributed by atoms with Crippen LogP contribution in [-0.4, -0.2) is 9.97 Å². The molecular weight excluding hydrogens is 186 g/mol. The van der Waals surface area contributed by atoms with Gasteiger partial charge in [0.2, 0.25) is 0 Å². The maximum Gasteiger partial charge on any atom is 0.103 e. The Kier molecular flexibility index (Phi) is 3.10. The number of aryl methyl sites for hydroxylation is 1. The summed E-state index contributed by atoms with van der Waals surface area (Å²) in [4.78, 5) is 7.47. The quantitative estimate of drug-likeness (QED) is 0.783. The van der Waals surface area contributed by atoms with Crippen LogP contribution < -0.4 is 5.73 Å². The molecule has 0 amide bonds. The molecule has 1 aliphatic rings. The summed E-state index contributed by atoms with van der Waals surface area (Å²) in [5.41, 5.74) is 7.38. The zero-order valence-corrected chi connectivity index (χ0v) is 9.66. The summed E-state index contributed by atoms with van der Waals surface area (Å²) in [6.45, 7) is 4.30. The van der Waals surface area contributed by atoms with Crippen molar-refractivity contribution < 1.29 is 0 Å². The molecule has 15 heavy (non-hydrogen) atoms. The third-order valence-corrected chi connectivity index (χ3v) is 3.57. The van der Waals surface area contributed by atoms with Crippen LogP contribution in [0.15, 0.2) is 6.20 Å². The zero-order valence-electron chi connectivity index (χ0n) is 9.66. The van der Waals surface area contributed by atoms with Crippen LogP contribution in [0.1, 0.15) is 50.2 Å². The molecule has 3 heteroatoms. The molecular formula is C12H21N3. The van der Waals surface area contributed by atoms with E-state index in [1.54, 1.807) is 0 Å². The molecule has 0 aromatic carbocycles. The number of rotatable bonds is 2. The van der Waals surface area contributed by atoms with Crippen LogP contribution in [0, 0.1) is 18.8 Å². The standard InChI is InChI=1S/C12H21N3/c1-8-4-3-5-10(6-8)12(13)11-7-14-9(2)15-11/h7-8,10,12H,3-6,13H2,1-2H3,(H,14,15)/t8?,10-,12-/m0/s1. The highest BCUT2D eigenvalue weighted by Gasteiger charge is 2.26. The highest BCUT2D eigenvalue weighted by atomic mass is 14.9. The minimum atomic E-state index is 0.147. The van der Waals surface area contributed by atoms with E-state index in [1.807, 2.05) is 13.1 Å². The smallest absolute Gasteiger partial charge is 0.103 e. The zero-order chi connectivity index (χ0) is 10.8. The second-order valence-electron chi connectivity index (χ2n) is 4.98. The molecule has 1 aliphatic carbocycles. The van der Waals surface area contributed by atoms with E-state index in [9.17, 15) is 0 Å². The molecule has 3 N–H and O–H groups in total. The van der Waals surface area contributed by atoms with Crippen molar-refractivity contribution in [3.05, 3.63) is 17.7 Å². The average Bonchev–Trinajstić information content (AvgIpc) is 2.64. The van der Waals surface area contributed by atoms with Crippen molar-refractivity contribution >= 4 is 0 Å². The molecule has 0 radical (unpaired) electrons. The van der Waals surface area contributed by atoms with Gasteiger partial charge in [-0.15, -0.1) is 0 Å². The topological polar surface area (TPSA) is 54.7 Å². The van der Waals surface area contributed by atoms with E-state index < -0.39 is 0 Å². The van der Waals surface area contributed by atoms with E-state index in [2.05, 4.69) is 16.9 Å². The maximum absolute atomic E-state index is 6.27. The van der Waals surface area contributed by atoms with Gasteiger partial charge in [0.05, 0.1) is 5.69 Å². The van der Waals surface area contributed by atoms with Crippen molar-refractivity contribution in [1.29, 1.82) is 0 Å². The summed E-state index contributed by atoms with van der Waals surface area (Å²) in [5.74, 6) is 2.43. The van der Waals surface area contributed by atoms with Gasteiger partial charge >= 0.3 is 0 Å². The first kappa shape index (κ1) is 10.7. The molecule has 1 aromatic rings. The van der Waals surface area contributed by atoms with E-state index in [0.717, 1.165) is 17.4 Å². The first-order chi connectivity index (χ1) is 7.16. The third kappa shape index (κ3) is 2.40. The summed E-state index contributed by atoms with van der Waals surface area (Å²) >= 11 is 0. The fourth-order valence-corrected chi connectivity index (χ4v) is 2.67.